The summed E-state index contributed by atoms with van der Waals surface area (Å²) in [6.07, 6.45) is 1.81. The van der Waals surface area contributed by atoms with Gasteiger partial charge in [-0.25, -0.2) is 13.2 Å². The summed E-state index contributed by atoms with van der Waals surface area (Å²) in [5, 5.41) is 29.9. The van der Waals surface area contributed by atoms with Gasteiger partial charge in [-0.2, -0.15) is 0 Å². The van der Waals surface area contributed by atoms with Crippen LogP contribution in [0.4, 0.5) is 13.2 Å². The molecule has 9 heteroatoms. The zero-order chi connectivity index (χ0) is 62.5. The fourth-order valence-corrected chi connectivity index (χ4v) is 13.5. The molecule has 10 aromatic rings. The van der Waals surface area contributed by atoms with Crippen LogP contribution in [0, 0.1) is 42.1 Å². The average Bonchev–Trinajstić information content (AvgIpc) is 1.53. The summed E-state index contributed by atoms with van der Waals surface area (Å²) in [6.45, 7) is 39.3. The molecule has 2 heterocycles. The summed E-state index contributed by atoms with van der Waals surface area (Å²) < 4.78 is 65.4. The largest absolute Gasteiger partial charge is 0.505 e. The molecule has 6 nitrogen and oxygen atoms in total. The average molecular weight is 1160 g/mol. The molecular formula is C77H87F3N2O4. The number of aromatic nitrogens is 2. The van der Waals surface area contributed by atoms with Crippen molar-refractivity contribution in [2.45, 2.75) is 166 Å². The zero-order valence-electron chi connectivity index (χ0n) is 53.9. The summed E-state index contributed by atoms with van der Waals surface area (Å²) in [7, 11) is 0. The number of hydrogen-bond donors (Lipinski definition) is 2. The normalized spacial score (nSPS) is 13.0. The Morgan fingerprint density at radius 1 is 0.395 bits per heavy atom. The molecule has 0 saturated heterocycles. The topological polar surface area (TPSA) is 68.8 Å². The van der Waals surface area contributed by atoms with Crippen molar-refractivity contribution in [1.82, 2.24) is 9.13 Å². The highest BCUT2D eigenvalue weighted by Crippen LogP contribution is 2.50. The maximum absolute atomic E-state index is 16.6. The Labute approximate surface area is 507 Å². The molecular weight excluding hydrogens is 1070 g/mol. The lowest BCUT2D eigenvalue weighted by atomic mass is 9.71. The molecule has 8 aromatic carbocycles. The number of halogens is 3. The molecule has 0 radical (unpaired) electrons. The van der Waals surface area contributed by atoms with Gasteiger partial charge in [0.25, 0.3) is 0 Å². The molecule has 2 N–H and O–H groups in total. The lowest BCUT2D eigenvalue weighted by molar-refractivity contribution is 0.242. The first-order valence-electron chi connectivity index (χ1n) is 30.4. The number of ether oxygens (including phenoxy) is 2. The molecule has 0 aliphatic rings. The first-order chi connectivity index (χ1) is 40.0. The number of phenols is 2. The van der Waals surface area contributed by atoms with Gasteiger partial charge >= 0.3 is 0 Å². The van der Waals surface area contributed by atoms with Crippen LogP contribution < -0.4 is 9.47 Å². The number of benzene rings is 8. The predicted molar refractivity (Wildman–Crippen MR) is 352 cm³/mol. The summed E-state index contributed by atoms with van der Waals surface area (Å²) in [4.78, 5) is 0. The highest BCUT2D eigenvalue weighted by atomic mass is 19.1. The first-order valence-corrected chi connectivity index (χ1v) is 30.4. The summed E-state index contributed by atoms with van der Waals surface area (Å²) in [5.41, 5.74) is 10.9. The molecule has 0 spiro atoms. The second-order valence-corrected chi connectivity index (χ2v) is 30.2. The minimum atomic E-state index is -0.919. The van der Waals surface area contributed by atoms with E-state index in [0.29, 0.717) is 28.3 Å². The summed E-state index contributed by atoms with van der Waals surface area (Å²) in [5.74, 6) is -2.30. The Bertz CT molecular complexity index is 4150. The van der Waals surface area contributed by atoms with Crippen molar-refractivity contribution >= 4 is 43.6 Å². The van der Waals surface area contributed by atoms with Crippen LogP contribution in [0.25, 0.3) is 77.2 Å². The molecule has 2 aromatic heterocycles. The van der Waals surface area contributed by atoms with E-state index in [-0.39, 0.29) is 75.1 Å². The van der Waals surface area contributed by atoms with E-state index in [4.69, 9.17) is 9.47 Å². The molecule has 0 aliphatic heterocycles. The monoisotopic (exact) mass is 1160 g/mol. The van der Waals surface area contributed by atoms with Crippen LogP contribution in [-0.4, -0.2) is 32.6 Å². The van der Waals surface area contributed by atoms with Crippen molar-refractivity contribution in [3.63, 3.8) is 0 Å². The molecule has 0 bridgehead atoms. The van der Waals surface area contributed by atoms with Crippen LogP contribution in [0.5, 0.6) is 23.0 Å². The molecule has 0 atom stereocenters. The summed E-state index contributed by atoms with van der Waals surface area (Å²) in [6, 6.07) is 40.0. The van der Waals surface area contributed by atoms with E-state index in [1.54, 1.807) is 6.07 Å². The highest BCUT2D eigenvalue weighted by Gasteiger charge is 2.34. The van der Waals surface area contributed by atoms with Gasteiger partial charge in [-0.3, -0.25) is 0 Å². The van der Waals surface area contributed by atoms with Crippen LogP contribution in [-0.2, 0) is 21.7 Å². The van der Waals surface area contributed by atoms with E-state index in [1.165, 1.54) is 29.3 Å². The highest BCUT2D eigenvalue weighted by molar-refractivity contribution is 6.11. The third-order valence-corrected chi connectivity index (χ3v) is 17.1. The SMILES string of the molecule is Cc1ccc2c(c1)c1cc(C)ccc1n2-c1cc(C(C)(C)CC(C)(C)C)cc(-c2cc(F)ccc2OCCCOc2c(F)cc(F)cc2-c2cc(C(C)(C)CC(C)(C)C)cc(-n3c4ccc(C(C)(C)C)cc4c4cc(C(C)(C)C)ccc43)c2O)c1O. The Hall–Kier alpha value is -7.65. The number of hydrogen-bond acceptors (Lipinski definition) is 4. The molecule has 0 amide bonds. The van der Waals surface area contributed by atoms with Gasteiger partial charge < -0.3 is 28.8 Å². The lowest BCUT2D eigenvalue weighted by Crippen LogP contribution is -2.25. The molecule has 0 unspecified atom stereocenters. The van der Waals surface area contributed by atoms with Gasteiger partial charge in [0.1, 0.15) is 28.9 Å². The van der Waals surface area contributed by atoms with Gasteiger partial charge in [-0.05, 0) is 178 Å². The second-order valence-electron chi connectivity index (χ2n) is 30.2. The van der Waals surface area contributed by atoms with Crippen molar-refractivity contribution in [3.05, 3.63) is 178 Å². The number of aryl methyl sites for hydroxylation is 2. The third kappa shape index (κ3) is 12.1. The fraction of sp³-hybridized carbons (Fsp3) is 0.377. The Balaban J connectivity index is 1.04. The Morgan fingerprint density at radius 2 is 0.802 bits per heavy atom. The van der Waals surface area contributed by atoms with E-state index in [2.05, 4.69) is 213 Å². The Morgan fingerprint density at radius 3 is 1.24 bits per heavy atom. The zero-order valence-corrected chi connectivity index (χ0v) is 53.9. The number of nitrogens with zero attached hydrogens (tertiary/aromatic N) is 2. The minimum absolute atomic E-state index is 0.0295. The van der Waals surface area contributed by atoms with Crippen LogP contribution >= 0.6 is 0 Å². The molecule has 0 saturated carbocycles. The number of aromatic hydroxyl groups is 2. The maximum Gasteiger partial charge on any atom is 0.168 e. The van der Waals surface area contributed by atoms with Gasteiger partial charge in [0.05, 0.1) is 46.7 Å². The maximum atomic E-state index is 16.6. The quantitative estimate of drug-likeness (QED) is 0.106. The third-order valence-electron chi connectivity index (χ3n) is 17.1. The van der Waals surface area contributed by atoms with Crippen LogP contribution in [0.3, 0.4) is 0 Å². The van der Waals surface area contributed by atoms with Crippen molar-refractivity contribution in [3.8, 4) is 56.6 Å². The molecule has 86 heavy (non-hydrogen) atoms. The second kappa shape index (κ2) is 21.9. The minimum Gasteiger partial charge on any atom is -0.505 e. The summed E-state index contributed by atoms with van der Waals surface area (Å²) >= 11 is 0. The van der Waals surface area contributed by atoms with Crippen molar-refractivity contribution < 1.29 is 32.9 Å². The van der Waals surface area contributed by atoms with E-state index in [9.17, 15) is 10.2 Å². The number of phenolic OH excluding ortho intramolecular Hbond substituents is 2. The predicted octanol–water partition coefficient (Wildman–Crippen LogP) is 21.5. The molecule has 0 fully saturated rings. The lowest BCUT2D eigenvalue weighted by Gasteiger charge is -2.34. The van der Waals surface area contributed by atoms with E-state index in [0.717, 1.165) is 84.8 Å². The van der Waals surface area contributed by atoms with Gasteiger partial charge in [0.15, 0.2) is 11.6 Å². The molecule has 10 rings (SSSR count). The van der Waals surface area contributed by atoms with Gasteiger partial charge in [-0.1, -0.05) is 146 Å². The van der Waals surface area contributed by atoms with E-state index >= 15 is 13.2 Å². The number of rotatable bonds is 14. The molecule has 450 valence electrons. The van der Waals surface area contributed by atoms with Crippen LogP contribution in [0.15, 0.2) is 127 Å². The fourth-order valence-electron chi connectivity index (χ4n) is 13.5. The first kappa shape index (κ1) is 61.4. The van der Waals surface area contributed by atoms with E-state index in [1.807, 2.05) is 18.2 Å². The molecule has 0 aliphatic carbocycles. The van der Waals surface area contributed by atoms with Crippen molar-refractivity contribution in [1.29, 1.82) is 0 Å². The smallest absolute Gasteiger partial charge is 0.168 e. The van der Waals surface area contributed by atoms with Crippen molar-refractivity contribution in [2.24, 2.45) is 10.8 Å². The van der Waals surface area contributed by atoms with E-state index < -0.39 is 22.9 Å². The van der Waals surface area contributed by atoms with Crippen LogP contribution in [0.1, 0.15) is 163 Å². The number of fused-ring (bicyclic) bond motifs is 6. The Kier molecular flexibility index (Phi) is 15.7. The van der Waals surface area contributed by atoms with Gasteiger partial charge in [0, 0.05) is 56.3 Å². The van der Waals surface area contributed by atoms with Gasteiger partial charge in [-0.15, -0.1) is 0 Å². The van der Waals surface area contributed by atoms with Gasteiger partial charge in [0.2, 0.25) is 0 Å². The van der Waals surface area contributed by atoms with Crippen LogP contribution in [0.2, 0.25) is 0 Å². The van der Waals surface area contributed by atoms with Crippen molar-refractivity contribution in [2.75, 3.05) is 13.2 Å². The standard InChI is InChI=1S/C77H87F3N2O4/c1-45-20-25-62-53(32-45)54-33-46(2)21-26-63(54)81(62)66-38-49(76(15,16)43-72(3,4)5)36-58(69(66)83)57-40-51(78)24-29-68(57)85-30-19-31-86-71-60(41-52(79)42-61(71)80)59-37-50(77(17,18)44-73(6,7)8)39-67(70(59)84)82-64-27-22-47(74(9,10)11)34-55(64)56-35-48(75(12,13)14)23-28-65(56)82/h20-29,32-42,83-84H,19,30-31,43-44H2,1-18H3.